The fourth-order valence-electron chi connectivity index (χ4n) is 2.06. The molecule has 1 N–H and O–H groups in total. The van der Waals surface area contributed by atoms with E-state index < -0.39 is 0 Å². The van der Waals surface area contributed by atoms with Crippen molar-refractivity contribution in [3.05, 3.63) is 58.6 Å². The Morgan fingerprint density at radius 3 is 2.35 bits per heavy atom. The van der Waals surface area contributed by atoms with Crippen LogP contribution in [0.15, 0.2) is 42.5 Å². The van der Waals surface area contributed by atoms with Gasteiger partial charge >= 0.3 is 0 Å². The Labute approximate surface area is 130 Å². The molecule has 0 fully saturated rings. The summed E-state index contributed by atoms with van der Waals surface area (Å²) in [5, 5.41) is 4.59. The first kappa shape index (κ1) is 14.8. The monoisotopic (exact) mass is 304 g/mol. The fourth-order valence-corrected chi connectivity index (χ4v) is 2.46. The average Bonchev–Trinajstić information content (AvgIpc) is 2.36. The van der Waals surface area contributed by atoms with Gasteiger partial charge in [0.1, 0.15) is 0 Å². The number of aryl methyl sites for hydroxylation is 2. The van der Waals surface area contributed by atoms with Crippen LogP contribution in [0.1, 0.15) is 11.1 Å². The number of nitrogens with one attached hydrogen (secondary N) is 1. The lowest BCUT2D eigenvalue weighted by Gasteiger charge is -2.21. The Morgan fingerprint density at radius 2 is 1.75 bits per heavy atom. The molecule has 4 heteroatoms. The van der Waals surface area contributed by atoms with Crippen molar-refractivity contribution in [1.82, 2.24) is 0 Å². The molecule has 0 unspecified atom stereocenters. The maximum Gasteiger partial charge on any atom is 0.177 e. The van der Waals surface area contributed by atoms with Gasteiger partial charge in [0.25, 0.3) is 0 Å². The summed E-state index contributed by atoms with van der Waals surface area (Å²) >= 11 is 11.4. The number of hydrogen-bond donors (Lipinski definition) is 1. The number of hydrogen-bond acceptors (Lipinski definition) is 1. The minimum atomic E-state index is 0.636. The van der Waals surface area contributed by atoms with Crippen LogP contribution in [-0.2, 0) is 0 Å². The summed E-state index contributed by atoms with van der Waals surface area (Å²) in [6, 6.07) is 13.9. The highest BCUT2D eigenvalue weighted by molar-refractivity contribution is 7.80. The van der Waals surface area contributed by atoms with Gasteiger partial charge in [-0.1, -0.05) is 23.7 Å². The maximum atomic E-state index is 6.01. The van der Waals surface area contributed by atoms with E-state index >= 15 is 0 Å². The highest BCUT2D eigenvalue weighted by Gasteiger charge is 2.08. The lowest BCUT2D eigenvalue weighted by Crippen LogP contribution is -2.30. The molecule has 2 nitrogen and oxygen atoms in total. The molecule has 0 atom stereocenters. The molecule has 0 saturated heterocycles. The molecule has 2 rings (SSSR count). The van der Waals surface area contributed by atoms with Crippen molar-refractivity contribution in [2.45, 2.75) is 13.8 Å². The van der Waals surface area contributed by atoms with Crippen LogP contribution in [0.5, 0.6) is 0 Å². The maximum absolute atomic E-state index is 6.01. The van der Waals surface area contributed by atoms with Crippen LogP contribution >= 0.6 is 23.8 Å². The summed E-state index contributed by atoms with van der Waals surface area (Å²) in [5.41, 5.74) is 4.38. The Hall–Kier alpha value is -1.58. The number of benzene rings is 2. The van der Waals surface area contributed by atoms with Crippen LogP contribution < -0.4 is 10.2 Å². The lowest BCUT2D eigenvalue weighted by atomic mass is 10.1. The minimum Gasteiger partial charge on any atom is -0.332 e. The lowest BCUT2D eigenvalue weighted by molar-refractivity contribution is 1.27. The second-order valence-corrected chi connectivity index (χ2v) is 5.67. The van der Waals surface area contributed by atoms with Gasteiger partial charge in [-0.2, -0.15) is 0 Å². The van der Waals surface area contributed by atoms with Gasteiger partial charge in [-0.05, 0) is 67.5 Å². The van der Waals surface area contributed by atoms with Crippen LogP contribution in [0.3, 0.4) is 0 Å². The van der Waals surface area contributed by atoms with Crippen molar-refractivity contribution in [2.24, 2.45) is 0 Å². The average molecular weight is 305 g/mol. The summed E-state index contributed by atoms with van der Waals surface area (Å²) < 4.78 is 0. The van der Waals surface area contributed by atoms with Crippen LogP contribution in [0.4, 0.5) is 11.4 Å². The molecule has 0 aliphatic rings. The molecule has 0 aliphatic carbocycles. The second-order valence-electron chi connectivity index (χ2n) is 4.85. The van der Waals surface area contributed by atoms with E-state index in [0.717, 1.165) is 11.4 Å². The summed E-state index contributed by atoms with van der Waals surface area (Å²) in [7, 11) is 1.92. The Kier molecular flexibility index (Phi) is 4.63. The molecule has 0 radical (unpaired) electrons. The topological polar surface area (TPSA) is 15.3 Å². The highest BCUT2D eigenvalue weighted by atomic mass is 35.5. The molecule has 0 amide bonds. The second kappa shape index (κ2) is 6.25. The number of anilines is 2. The van der Waals surface area contributed by atoms with E-state index in [9.17, 15) is 0 Å². The molecule has 2 aromatic carbocycles. The number of halogens is 1. The summed E-state index contributed by atoms with van der Waals surface area (Å²) in [6.45, 7) is 4.14. The smallest absolute Gasteiger partial charge is 0.177 e. The van der Waals surface area contributed by atoms with E-state index in [1.807, 2.05) is 36.2 Å². The molecule has 20 heavy (non-hydrogen) atoms. The zero-order chi connectivity index (χ0) is 14.7. The quantitative estimate of drug-likeness (QED) is 0.803. The first-order chi connectivity index (χ1) is 9.45. The number of thiocarbonyl (C=S) groups is 1. The van der Waals surface area contributed by atoms with Crippen molar-refractivity contribution < 1.29 is 0 Å². The Morgan fingerprint density at radius 1 is 1.10 bits per heavy atom. The first-order valence-electron chi connectivity index (χ1n) is 6.34. The van der Waals surface area contributed by atoms with Gasteiger partial charge in [-0.3, -0.25) is 0 Å². The molecule has 0 spiro atoms. The first-order valence-corrected chi connectivity index (χ1v) is 7.13. The van der Waals surface area contributed by atoms with Crippen LogP contribution in [0.2, 0.25) is 5.02 Å². The summed E-state index contributed by atoms with van der Waals surface area (Å²) in [5.74, 6) is 0. The normalized spacial score (nSPS) is 10.2. The third-order valence-electron chi connectivity index (χ3n) is 2.97. The largest absolute Gasteiger partial charge is 0.332 e. The zero-order valence-electron chi connectivity index (χ0n) is 11.8. The molecule has 0 heterocycles. The van der Waals surface area contributed by atoms with Gasteiger partial charge in [-0.25, -0.2) is 0 Å². The van der Waals surface area contributed by atoms with Crippen molar-refractivity contribution in [3.63, 3.8) is 0 Å². The van der Waals surface area contributed by atoms with Crippen LogP contribution in [0, 0.1) is 13.8 Å². The van der Waals surface area contributed by atoms with Gasteiger partial charge in [0.05, 0.1) is 0 Å². The summed E-state index contributed by atoms with van der Waals surface area (Å²) in [6.07, 6.45) is 0. The molecular weight excluding hydrogens is 288 g/mol. The molecular formula is C16H17ClN2S. The molecule has 0 aromatic heterocycles. The van der Waals surface area contributed by atoms with Crippen LogP contribution in [-0.4, -0.2) is 12.2 Å². The standard InChI is InChI=1S/C16H17ClN2S/c1-11-7-12(2)9-14(8-11)18-16(20)19(3)15-6-4-5-13(17)10-15/h4-10H,1-3H3,(H,18,20). The van der Waals surface area contributed by atoms with E-state index in [4.69, 9.17) is 23.8 Å². The summed E-state index contributed by atoms with van der Waals surface area (Å²) in [4.78, 5) is 1.90. The van der Waals surface area contributed by atoms with Crippen molar-refractivity contribution in [2.75, 3.05) is 17.3 Å². The predicted molar refractivity (Wildman–Crippen MR) is 92.0 cm³/mol. The van der Waals surface area contributed by atoms with Gasteiger partial charge in [0.15, 0.2) is 5.11 Å². The molecule has 0 bridgehead atoms. The molecule has 0 saturated carbocycles. The van der Waals surface area contributed by atoms with Gasteiger partial charge < -0.3 is 10.2 Å². The van der Waals surface area contributed by atoms with Gasteiger partial charge in [0.2, 0.25) is 0 Å². The third-order valence-corrected chi connectivity index (χ3v) is 3.58. The number of rotatable bonds is 2. The van der Waals surface area contributed by atoms with E-state index in [1.54, 1.807) is 0 Å². The Balaban J connectivity index is 2.15. The van der Waals surface area contributed by atoms with Gasteiger partial charge in [-0.15, -0.1) is 0 Å². The van der Waals surface area contributed by atoms with Crippen LogP contribution in [0.25, 0.3) is 0 Å². The Bertz CT molecular complexity index is 620. The zero-order valence-corrected chi connectivity index (χ0v) is 13.3. The third kappa shape index (κ3) is 3.71. The molecule has 104 valence electrons. The SMILES string of the molecule is Cc1cc(C)cc(NC(=S)N(C)c2cccc(Cl)c2)c1. The van der Waals surface area contributed by atoms with Crippen molar-refractivity contribution in [1.29, 1.82) is 0 Å². The highest BCUT2D eigenvalue weighted by Crippen LogP contribution is 2.20. The van der Waals surface area contributed by atoms with E-state index in [-0.39, 0.29) is 0 Å². The predicted octanol–water partition coefficient (Wildman–Crippen LogP) is 4.79. The van der Waals surface area contributed by atoms with E-state index in [1.165, 1.54) is 11.1 Å². The van der Waals surface area contributed by atoms with Crippen molar-refractivity contribution in [3.8, 4) is 0 Å². The van der Waals surface area contributed by atoms with Gasteiger partial charge in [0, 0.05) is 23.4 Å². The van der Waals surface area contributed by atoms with E-state index in [0.29, 0.717) is 10.1 Å². The fraction of sp³-hybridized carbons (Fsp3) is 0.188. The van der Waals surface area contributed by atoms with Crippen molar-refractivity contribution >= 4 is 40.3 Å². The number of nitrogens with zero attached hydrogens (tertiary/aromatic N) is 1. The molecule has 0 aliphatic heterocycles. The van der Waals surface area contributed by atoms with E-state index in [2.05, 4.69) is 37.4 Å². The minimum absolute atomic E-state index is 0.636. The molecule has 2 aromatic rings.